The highest BCUT2D eigenvalue weighted by Crippen LogP contribution is 2.38. The van der Waals surface area contributed by atoms with Crippen LogP contribution in [0, 0.1) is 18.3 Å². The Balaban J connectivity index is 1.56. The molecule has 0 radical (unpaired) electrons. The quantitative estimate of drug-likeness (QED) is 0.882. The van der Waals surface area contributed by atoms with Crippen molar-refractivity contribution in [2.24, 2.45) is 0 Å². The fourth-order valence-corrected chi connectivity index (χ4v) is 4.96. The number of rotatable bonds is 5. The summed E-state index contributed by atoms with van der Waals surface area (Å²) in [7, 11) is 0. The Morgan fingerprint density at radius 2 is 2.22 bits per heavy atom. The first-order valence-corrected chi connectivity index (χ1v) is 9.63. The number of nitriles is 1. The minimum absolute atomic E-state index is 0.0278. The van der Waals surface area contributed by atoms with Crippen LogP contribution in [-0.2, 0) is 23.4 Å². The smallest absolute Gasteiger partial charge is 0.235 e. The van der Waals surface area contributed by atoms with Gasteiger partial charge in [-0.2, -0.15) is 5.26 Å². The summed E-state index contributed by atoms with van der Waals surface area (Å²) in [5.74, 6) is 1.20. The predicted octanol–water partition coefficient (Wildman–Crippen LogP) is 4.29. The molecular formula is C18H18N2OS2. The molecule has 1 aromatic carbocycles. The van der Waals surface area contributed by atoms with Gasteiger partial charge in [-0.05, 0) is 42.9 Å². The molecule has 23 heavy (non-hydrogen) atoms. The molecule has 1 aromatic heterocycles. The number of hydrogen-bond acceptors (Lipinski definition) is 4. The van der Waals surface area contributed by atoms with E-state index in [0.717, 1.165) is 35.6 Å². The van der Waals surface area contributed by atoms with Crippen LogP contribution in [-0.4, -0.2) is 11.7 Å². The Kier molecular flexibility index (Phi) is 5.04. The van der Waals surface area contributed by atoms with E-state index in [0.29, 0.717) is 11.3 Å². The molecule has 1 aliphatic rings. The van der Waals surface area contributed by atoms with Crippen molar-refractivity contribution < 1.29 is 4.79 Å². The van der Waals surface area contributed by atoms with Gasteiger partial charge in [-0.3, -0.25) is 4.79 Å². The van der Waals surface area contributed by atoms with Crippen LogP contribution in [0.3, 0.4) is 0 Å². The molecule has 0 fully saturated rings. The van der Waals surface area contributed by atoms with Gasteiger partial charge in [0, 0.05) is 10.6 Å². The largest absolute Gasteiger partial charge is 0.316 e. The third-order valence-electron chi connectivity index (χ3n) is 4.04. The van der Waals surface area contributed by atoms with Crippen molar-refractivity contribution in [3.05, 3.63) is 51.4 Å². The number of carbonyl (C=O) groups is 1. The normalized spacial score (nSPS) is 12.7. The number of benzene rings is 1. The number of carbonyl (C=O) groups excluding carboxylic acids is 1. The van der Waals surface area contributed by atoms with Crippen molar-refractivity contribution in [2.45, 2.75) is 31.9 Å². The Morgan fingerprint density at radius 1 is 1.39 bits per heavy atom. The van der Waals surface area contributed by atoms with Crippen molar-refractivity contribution in [3.63, 3.8) is 0 Å². The van der Waals surface area contributed by atoms with Gasteiger partial charge in [-0.25, -0.2) is 0 Å². The molecule has 1 amide bonds. The van der Waals surface area contributed by atoms with Crippen molar-refractivity contribution in [1.82, 2.24) is 0 Å². The topological polar surface area (TPSA) is 52.9 Å². The summed E-state index contributed by atoms with van der Waals surface area (Å²) in [6, 6.07) is 10.5. The molecule has 1 heterocycles. The second kappa shape index (κ2) is 7.20. The fourth-order valence-electron chi connectivity index (χ4n) is 2.80. The molecule has 0 aliphatic heterocycles. The number of thiophene rings is 1. The minimum Gasteiger partial charge on any atom is -0.316 e. The van der Waals surface area contributed by atoms with Crippen LogP contribution in [0.25, 0.3) is 0 Å². The van der Waals surface area contributed by atoms with Crippen LogP contribution < -0.4 is 5.32 Å². The Hall–Kier alpha value is -1.77. The number of fused-ring (bicyclic) bond motifs is 1. The summed E-state index contributed by atoms with van der Waals surface area (Å²) in [6.07, 6.45) is 3.12. The molecule has 3 rings (SSSR count). The van der Waals surface area contributed by atoms with Gasteiger partial charge in [0.15, 0.2) is 0 Å². The first kappa shape index (κ1) is 16.1. The van der Waals surface area contributed by atoms with E-state index in [-0.39, 0.29) is 5.91 Å². The van der Waals surface area contributed by atoms with Gasteiger partial charge in [0.1, 0.15) is 11.1 Å². The van der Waals surface area contributed by atoms with E-state index in [1.54, 1.807) is 23.1 Å². The van der Waals surface area contributed by atoms with Crippen molar-refractivity contribution in [1.29, 1.82) is 5.26 Å². The molecule has 0 saturated heterocycles. The number of nitrogens with one attached hydrogen (secondary N) is 1. The number of amides is 1. The van der Waals surface area contributed by atoms with E-state index >= 15 is 0 Å². The van der Waals surface area contributed by atoms with E-state index < -0.39 is 0 Å². The second-order valence-electron chi connectivity index (χ2n) is 5.64. The second-order valence-corrected chi connectivity index (χ2v) is 7.73. The van der Waals surface area contributed by atoms with Crippen molar-refractivity contribution in [3.8, 4) is 6.07 Å². The molecule has 1 aliphatic carbocycles. The Morgan fingerprint density at radius 3 is 3.00 bits per heavy atom. The number of anilines is 1. The lowest BCUT2D eigenvalue weighted by atomic mass is 10.1. The average molecular weight is 342 g/mol. The highest BCUT2D eigenvalue weighted by atomic mass is 32.2. The first-order valence-electron chi connectivity index (χ1n) is 7.65. The maximum Gasteiger partial charge on any atom is 0.235 e. The van der Waals surface area contributed by atoms with Crippen LogP contribution in [0.5, 0.6) is 0 Å². The zero-order valence-electron chi connectivity index (χ0n) is 13.0. The van der Waals surface area contributed by atoms with Gasteiger partial charge < -0.3 is 5.32 Å². The lowest BCUT2D eigenvalue weighted by molar-refractivity contribution is -0.113. The van der Waals surface area contributed by atoms with Crippen molar-refractivity contribution >= 4 is 34.0 Å². The molecule has 0 spiro atoms. The van der Waals surface area contributed by atoms with E-state index in [4.69, 9.17) is 0 Å². The van der Waals surface area contributed by atoms with E-state index in [9.17, 15) is 10.1 Å². The molecule has 118 valence electrons. The maximum absolute atomic E-state index is 12.1. The molecular weight excluding hydrogens is 324 g/mol. The van der Waals surface area contributed by atoms with E-state index in [1.807, 2.05) is 12.1 Å². The molecule has 2 aromatic rings. The third-order valence-corrected chi connectivity index (χ3v) is 6.23. The van der Waals surface area contributed by atoms with Crippen LogP contribution >= 0.6 is 23.1 Å². The lowest BCUT2D eigenvalue weighted by Crippen LogP contribution is -2.14. The maximum atomic E-state index is 12.1. The van der Waals surface area contributed by atoms with Gasteiger partial charge in [-0.1, -0.05) is 24.3 Å². The number of aryl methyl sites for hydroxylation is 2. The summed E-state index contributed by atoms with van der Waals surface area (Å²) in [5.41, 5.74) is 4.35. The van der Waals surface area contributed by atoms with Gasteiger partial charge in [0.05, 0.1) is 11.3 Å². The zero-order chi connectivity index (χ0) is 16.2. The standard InChI is InChI=1S/C18H18N2OS2/c1-12-5-2-3-6-13(12)10-22-11-17(21)20-18-15(9-19)14-7-4-8-16(14)23-18/h2-3,5-6H,4,7-8,10-11H2,1H3,(H,20,21). The highest BCUT2D eigenvalue weighted by molar-refractivity contribution is 7.99. The van der Waals surface area contributed by atoms with Crippen molar-refractivity contribution in [2.75, 3.05) is 11.1 Å². The van der Waals surface area contributed by atoms with Gasteiger partial charge in [0.25, 0.3) is 0 Å². The molecule has 3 nitrogen and oxygen atoms in total. The summed E-state index contributed by atoms with van der Waals surface area (Å²) in [4.78, 5) is 13.4. The SMILES string of the molecule is Cc1ccccc1CSCC(=O)Nc1sc2c(c1C#N)CCC2. The number of nitrogens with zero attached hydrogens (tertiary/aromatic N) is 1. The minimum atomic E-state index is -0.0278. The summed E-state index contributed by atoms with van der Waals surface area (Å²) < 4.78 is 0. The monoisotopic (exact) mass is 342 g/mol. The highest BCUT2D eigenvalue weighted by Gasteiger charge is 2.22. The summed E-state index contributed by atoms with van der Waals surface area (Å²) >= 11 is 3.17. The Bertz CT molecular complexity index is 774. The lowest BCUT2D eigenvalue weighted by Gasteiger charge is -2.06. The fraction of sp³-hybridized carbons (Fsp3) is 0.333. The molecule has 5 heteroatoms. The average Bonchev–Trinajstić information content (AvgIpc) is 3.09. The summed E-state index contributed by atoms with van der Waals surface area (Å²) in [5, 5.41) is 13.0. The Labute approximate surface area is 144 Å². The van der Waals surface area contributed by atoms with Crippen LogP contribution in [0.4, 0.5) is 5.00 Å². The third kappa shape index (κ3) is 3.60. The van der Waals surface area contributed by atoms with Gasteiger partial charge >= 0.3 is 0 Å². The molecule has 0 saturated carbocycles. The number of thioether (sulfide) groups is 1. The predicted molar refractivity (Wildman–Crippen MR) is 97.0 cm³/mol. The van der Waals surface area contributed by atoms with Crippen LogP contribution in [0.1, 0.15) is 33.6 Å². The molecule has 0 bridgehead atoms. The molecule has 0 atom stereocenters. The van der Waals surface area contributed by atoms with Gasteiger partial charge in [0.2, 0.25) is 5.91 Å². The molecule has 0 unspecified atom stereocenters. The van der Waals surface area contributed by atoms with E-state index in [2.05, 4.69) is 30.4 Å². The van der Waals surface area contributed by atoms with Gasteiger partial charge in [-0.15, -0.1) is 23.1 Å². The van der Waals surface area contributed by atoms with Crippen LogP contribution in [0.2, 0.25) is 0 Å². The summed E-state index contributed by atoms with van der Waals surface area (Å²) in [6.45, 7) is 2.09. The number of hydrogen-bond donors (Lipinski definition) is 1. The molecule has 1 N–H and O–H groups in total. The zero-order valence-corrected chi connectivity index (χ0v) is 14.6. The van der Waals surface area contributed by atoms with Crippen LogP contribution in [0.15, 0.2) is 24.3 Å². The van der Waals surface area contributed by atoms with E-state index in [1.165, 1.54) is 16.0 Å². The first-order chi connectivity index (χ1) is 11.2.